The van der Waals surface area contributed by atoms with Crippen LogP contribution in [0.4, 0.5) is 11.4 Å². The van der Waals surface area contributed by atoms with E-state index in [1.807, 2.05) is 32.0 Å². The number of amides is 1. The van der Waals surface area contributed by atoms with Gasteiger partial charge in [0.2, 0.25) is 0 Å². The molecule has 0 bridgehead atoms. The zero-order chi connectivity index (χ0) is 21.3. The minimum absolute atomic E-state index is 0.0122. The molecule has 4 rings (SSSR count). The summed E-state index contributed by atoms with van der Waals surface area (Å²) in [5.41, 5.74) is 3.50. The van der Waals surface area contributed by atoms with Crippen molar-refractivity contribution in [3.05, 3.63) is 86.5 Å². The number of carbonyl (C=O) groups is 1. The van der Waals surface area contributed by atoms with Crippen molar-refractivity contribution in [2.45, 2.75) is 13.8 Å². The number of thioether (sulfide) groups is 1. The highest BCUT2D eigenvalue weighted by molar-refractivity contribution is 8.18. The summed E-state index contributed by atoms with van der Waals surface area (Å²) in [5.74, 6) is 0.706. The van der Waals surface area contributed by atoms with Crippen molar-refractivity contribution >= 4 is 40.3 Å². The summed E-state index contributed by atoms with van der Waals surface area (Å²) < 4.78 is 5.77. The Labute approximate surface area is 176 Å². The highest BCUT2D eigenvalue weighted by Gasteiger charge is 2.24. The molecule has 2 heterocycles. The van der Waals surface area contributed by atoms with Crippen LogP contribution in [0.15, 0.2) is 68.9 Å². The normalized spacial score (nSPS) is 16.3. The van der Waals surface area contributed by atoms with Gasteiger partial charge in [-0.1, -0.05) is 24.3 Å². The second-order valence-corrected chi connectivity index (χ2v) is 7.81. The molecule has 3 aromatic rings. The molecule has 7 nitrogen and oxygen atoms in total. The SMILES string of the molecule is Cc1ccc(C)c(N=C2NC(=O)/C(=C\c3ccc(-c4cccc([N+](=O)[O-])c4)o3)S2)c1. The minimum Gasteiger partial charge on any atom is -0.457 e. The van der Waals surface area contributed by atoms with Gasteiger partial charge in [-0.15, -0.1) is 0 Å². The van der Waals surface area contributed by atoms with Crippen molar-refractivity contribution in [2.75, 3.05) is 0 Å². The lowest BCUT2D eigenvalue weighted by Crippen LogP contribution is -2.19. The molecule has 1 N–H and O–H groups in total. The van der Waals surface area contributed by atoms with E-state index < -0.39 is 4.92 Å². The standard InChI is InChI=1S/C22H17N3O4S/c1-13-6-7-14(2)18(10-13)23-22-24-21(26)20(30-22)12-17-8-9-19(29-17)15-4-3-5-16(11-15)25(27)28/h3-12H,1-2H3,(H,23,24,26)/b20-12+. The minimum atomic E-state index is -0.453. The molecule has 1 aliphatic heterocycles. The van der Waals surface area contributed by atoms with Gasteiger partial charge >= 0.3 is 0 Å². The number of carbonyl (C=O) groups excluding carboxylic acids is 1. The first kappa shape index (κ1) is 19.7. The maximum atomic E-state index is 12.3. The van der Waals surface area contributed by atoms with E-state index in [0.717, 1.165) is 16.8 Å². The fraction of sp³-hybridized carbons (Fsp3) is 0.0909. The van der Waals surface area contributed by atoms with Crippen molar-refractivity contribution < 1.29 is 14.1 Å². The number of aryl methyl sites for hydroxylation is 2. The van der Waals surface area contributed by atoms with Crippen LogP contribution in [0.5, 0.6) is 0 Å². The predicted molar refractivity (Wildman–Crippen MR) is 118 cm³/mol. The second-order valence-electron chi connectivity index (χ2n) is 6.78. The van der Waals surface area contributed by atoms with Crippen LogP contribution in [0.25, 0.3) is 17.4 Å². The van der Waals surface area contributed by atoms with Gasteiger partial charge in [0.05, 0.1) is 15.5 Å². The van der Waals surface area contributed by atoms with Crippen LogP contribution in [0.3, 0.4) is 0 Å². The Kier molecular flexibility index (Phi) is 5.24. The Balaban J connectivity index is 1.57. The van der Waals surface area contributed by atoms with Crippen LogP contribution in [0.1, 0.15) is 16.9 Å². The molecule has 8 heteroatoms. The molecule has 0 atom stereocenters. The first-order chi connectivity index (χ1) is 14.4. The van der Waals surface area contributed by atoms with E-state index in [0.29, 0.717) is 27.2 Å². The van der Waals surface area contributed by atoms with Gasteiger partial charge in [0.15, 0.2) is 5.17 Å². The molecule has 1 aliphatic rings. The lowest BCUT2D eigenvalue weighted by molar-refractivity contribution is -0.384. The van der Waals surface area contributed by atoms with Crippen molar-refractivity contribution in [3.8, 4) is 11.3 Å². The molecule has 1 amide bonds. The molecule has 0 saturated carbocycles. The van der Waals surface area contributed by atoms with E-state index in [-0.39, 0.29) is 11.6 Å². The average molecular weight is 419 g/mol. The molecule has 0 spiro atoms. The van der Waals surface area contributed by atoms with Gasteiger partial charge in [0.1, 0.15) is 11.5 Å². The number of nitrogens with zero attached hydrogens (tertiary/aromatic N) is 2. The molecule has 2 aromatic carbocycles. The summed E-state index contributed by atoms with van der Waals surface area (Å²) in [6.45, 7) is 3.96. The molecule has 0 radical (unpaired) electrons. The topological polar surface area (TPSA) is 97.7 Å². The third kappa shape index (κ3) is 4.18. The Bertz CT molecular complexity index is 1230. The highest BCUT2D eigenvalue weighted by Crippen LogP contribution is 2.31. The number of aliphatic imine (C=N–C) groups is 1. The van der Waals surface area contributed by atoms with Gasteiger partial charge in [0.25, 0.3) is 11.6 Å². The number of hydrogen-bond acceptors (Lipinski definition) is 6. The Morgan fingerprint density at radius 2 is 1.97 bits per heavy atom. The van der Waals surface area contributed by atoms with Crippen molar-refractivity contribution in [3.63, 3.8) is 0 Å². The van der Waals surface area contributed by atoms with Crippen molar-refractivity contribution in [2.24, 2.45) is 4.99 Å². The third-order valence-corrected chi connectivity index (χ3v) is 5.39. The summed E-state index contributed by atoms with van der Waals surface area (Å²) in [6.07, 6.45) is 1.63. The fourth-order valence-corrected chi connectivity index (χ4v) is 3.73. The summed E-state index contributed by atoms with van der Waals surface area (Å²) in [6, 6.07) is 15.6. The fourth-order valence-electron chi connectivity index (χ4n) is 2.92. The monoisotopic (exact) mass is 419 g/mol. The lowest BCUT2D eigenvalue weighted by atomic mass is 10.1. The van der Waals surface area contributed by atoms with Crippen LogP contribution >= 0.6 is 11.8 Å². The van der Waals surface area contributed by atoms with Gasteiger partial charge < -0.3 is 9.73 Å². The number of nitrogens with one attached hydrogen (secondary N) is 1. The molecule has 1 aromatic heterocycles. The maximum Gasteiger partial charge on any atom is 0.270 e. The van der Waals surface area contributed by atoms with Gasteiger partial charge in [-0.25, -0.2) is 4.99 Å². The first-order valence-electron chi connectivity index (χ1n) is 9.10. The van der Waals surface area contributed by atoms with Gasteiger partial charge in [-0.3, -0.25) is 14.9 Å². The van der Waals surface area contributed by atoms with Crippen molar-refractivity contribution in [1.82, 2.24) is 5.32 Å². The van der Waals surface area contributed by atoms with Gasteiger partial charge in [0, 0.05) is 23.8 Å². The smallest absolute Gasteiger partial charge is 0.270 e. The average Bonchev–Trinajstić information content (AvgIpc) is 3.32. The zero-order valence-corrected chi connectivity index (χ0v) is 17.0. The van der Waals surface area contributed by atoms with Crippen molar-refractivity contribution in [1.29, 1.82) is 0 Å². The van der Waals surface area contributed by atoms with E-state index in [2.05, 4.69) is 10.3 Å². The summed E-state index contributed by atoms with van der Waals surface area (Å²) >= 11 is 1.24. The van der Waals surface area contributed by atoms with E-state index in [9.17, 15) is 14.9 Å². The molecular weight excluding hydrogens is 402 g/mol. The molecular formula is C22H17N3O4S. The number of hydrogen-bond donors (Lipinski definition) is 1. The van der Waals surface area contributed by atoms with Crippen LogP contribution in [0, 0.1) is 24.0 Å². The van der Waals surface area contributed by atoms with E-state index in [1.54, 1.807) is 30.3 Å². The maximum absolute atomic E-state index is 12.3. The van der Waals surface area contributed by atoms with Crippen LogP contribution < -0.4 is 5.32 Å². The van der Waals surface area contributed by atoms with E-state index in [4.69, 9.17) is 4.42 Å². The first-order valence-corrected chi connectivity index (χ1v) is 9.92. The quantitative estimate of drug-likeness (QED) is 0.349. The lowest BCUT2D eigenvalue weighted by Gasteiger charge is -2.02. The summed E-state index contributed by atoms with van der Waals surface area (Å²) in [4.78, 5) is 27.9. The van der Waals surface area contributed by atoms with Crippen LogP contribution in [-0.4, -0.2) is 16.0 Å². The van der Waals surface area contributed by atoms with E-state index in [1.165, 1.54) is 23.9 Å². The number of amidine groups is 1. The Hall–Kier alpha value is -3.65. The van der Waals surface area contributed by atoms with E-state index >= 15 is 0 Å². The number of furan rings is 1. The Morgan fingerprint density at radius 1 is 1.13 bits per heavy atom. The van der Waals surface area contributed by atoms with Crippen LogP contribution in [-0.2, 0) is 4.79 Å². The third-order valence-electron chi connectivity index (χ3n) is 4.48. The molecule has 1 fully saturated rings. The molecule has 1 saturated heterocycles. The molecule has 0 aliphatic carbocycles. The molecule has 150 valence electrons. The summed E-state index contributed by atoms with van der Waals surface area (Å²) in [5, 5.41) is 14.2. The predicted octanol–water partition coefficient (Wildman–Crippen LogP) is 5.36. The number of nitro groups is 1. The number of benzene rings is 2. The summed E-state index contributed by atoms with van der Waals surface area (Å²) in [7, 11) is 0. The highest BCUT2D eigenvalue weighted by atomic mass is 32.2. The Morgan fingerprint density at radius 3 is 2.77 bits per heavy atom. The van der Waals surface area contributed by atoms with Crippen LogP contribution in [0.2, 0.25) is 0 Å². The largest absolute Gasteiger partial charge is 0.457 e. The number of rotatable bonds is 4. The second kappa shape index (κ2) is 8.00. The van der Waals surface area contributed by atoms with Gasteiger partial charge in [-0.05, 0) is 54.9 Å². The molecule has 0 unspecified atom stereocenters. The number of nitro benzene ring substituents is 1. The van der Waals surface area contributed by atoms with Gasteiger partial charge in [-0.2, -0.15) is 0 Å². The zero-order valence-electron chi connectivity index (χ0n) is 16.2. The molecule has 30 heavy (non-hydrogen) atoms. The number of non-ortho nitro benzene ring substituents is 1.